The highest BCUT2D eigenvalue weighted by atomic mass is 16.6. The third-order valence-corrected chi connectivity index (χ3v) is 0.639. The molecule has 1 aliphatic heterocycles. The molecule has 0 aromatic heterocycles. The Hall–Kier alpha value is -0.790. The van der Waals surface area contributed by atoms with E-state index in [1.165, 1.54) is 0 Å². The van der Waals surface area contributed by atoms with Crippen molar-refractivity contribution in [1.29, 1.82) is 0 Å². The quantitative estimate of drug-likeness (QED) is 0.436. The Bertz CT molecular complexity index is 84.3. The summed E-state index contributed by atoms with van der Waals surface area (Å²) in [5.41, 5.74) is 0. The van der Waals surface area contributed by atoms with Crippen molar-refractivity contribution in [2.45, 2.75) is 0 Å². The van der Waals surface area contributed by atoms with Gasteiger partial charge in [0.25, 0.3) is 0 Å². The summed E-state index contributed by atoms with van der Waals surface area (Å²) in [5.74, 6) is 0. The summed E-state index contributed by atoms with van der Waals surface area (Å²) in [6.45, 7) is 0.590. The Kier molecular flexibility index (Phi) is 1.50. The highest BCUT2D eigenvalue weighted by Gasteiger charge is 1.82. The summed E-state index contributed by atoms with van der Waals surface area (Å²) in [4.78, 5) is 4.65. The Balaban J connectivity index is 2.39. The van der Waals surface area contributed by atoms with Gasteiger partial charge in [-0.3, -0.25) is 0 Å². The maximum absolute atomic E-state index is 4.65. The highest BCUT2D eigenvalue weighted by molar-refractivity contribution is 5.70. The lowest BCUT2D eigenvalue weighted by Crippen LogP contribution is -1.81. The molecule has 0 saturated heterocycles. The normalized spacial score (nSPS) is 18.3. The molecule has 0 N–H and O–H groups in total. The highest BCUT2D eigenvalue weighted by Crippen LogP contribution is 1.86. The van der Waals surface area contributed by atoms with Crippen LogP contribution in [0.2, 0.25) is 0 Å². The van der Waals surface area contributed by atoms with E-state index < -0.39 is 0 Å². The number of nitrogens with zero attached hydrogens (tertiary/aromatic N) is 1. The van der Waals surface area contributed by atoms with Crippen molar-refractivity contribution in [3.63, 3.8) is 0 Å². The fourth-order valence-corrected chi connectivity index (χ4v) is 0.348. The first-order chi connectivity index (χ1) is 3.50. The van der Waals surface area contributed by atoms with Gasteiger partial charge in [-0.15, -0.1) is 0 Å². The molecule has 1 heterocycles. The molecule has 0 bridgehead atoms. The molecule has 0 aliphatic carbocycles. The van der Waals surface area contributed by atoms with Crippen molar-refractivity contribution >= 4 is 6.21 Å². The number of hydrogen-bond donors (Lipinski definition) is 0. The molecule has 2 heteroatoms. The Labute approximate surface area is 42.5 Å². The van der Waals surface area contributed by atoms with Gasteiger partial charge in [0.2, 0.25) is 0 Å². The predicted octanol–water partition coefficient (Wildman–Crippen LogP) is 0.763. The molecule has 1 rings (SSSR count). The van der Waals surface area contributed by atoms with E-state index >= 15 is 0 Å². The molecule has 0 amide bonds. The van der Waals surface area contributed by atoms with Crippen LogP contribution in [0.15, 0.2) is 17.3 Å². The lowest BCUT2D eigenvalue weighted by Gasteiger charge is -1.86. The summed E-state index contributed by atoms with van der Waals surface area (Å²) in [6, 6.07) is 0. The first-order valence-electron chi connectivity index (χ1n) is 2.14. The smallest absolute Gasteiger partial charge is 0.124 e. The van der Waals surface area contributed by atoms with E-state index in [2.05, 4.69) is 9.99 Å². The third kappa shape index (κ3) is 1.39. The molecule has 1 radical (unpaired) electrons. The molecule has 0 atom stereocenters. The van der Waals surface area contributed by atoms with Gasteiger partial charge in [0.1, 0.15) is 6.61 Å². The van der Waals surface area contributed by atoms with E-state index in [4.69, 9.17) is 0 Å². The van der Waals surface area contributed by atoms with Crippen LogP contribution in [0.5, 0.6) is 0 Å². The lowest BCUT2D eigenvalue weighted by molar-refractivity contribution is 0.171. The number of hydrogen-bond acceptors (Lipinski definition) is 2. The molecular formula is C5H6NO. The van der Waals surface area contributed by atoms with Crippen LogP contribution in [-0.2, 0) is 4.84 Å². The number of oxime groups is 1. The van der Waals surface area contributed by atoms with Crippen molar-refractivity contribution < 1.29 is 4.84 Å². The molecule has 0 aromatic carbocycles. The van der Waals surface area contributed by atoms with E-state index in [0.29, 0.717) is 6.61 Å². The predicted molar refractivity (Wildman–Crippen MR) is 27.9 cm³/mol. The molecule has 0 fully saturated rings. The first kappa shape index (κ1) is 4.37. The van der Waals surface area contributed by atoms with Crippen LogP contribution in [0, 0.1) is 6.42 Å². The average Bonchev–Trinajstić information content (AvgIpc) is 1.90. The van der Waals surface area contributed by atoms with Gasteiger partial charge in [0, 0.05) is 6.42 Å². The fourth-order valence-electron chi connectivity index (χ4n) is 0.348. The van der Waals surface area contributed by atoms with Gasteiger partial charge >= 0.3 is 0 Å². The zero-order chi connectivity index (χ0) is 4.95. The fraction of sp³-hybridized carbons (Fsp3) is 0.200. The second-order valence-electron chi connectivity index (χ2n) is 1.17. The second kappa shape index (κ2) is 2.39. The van der Waals surface area contributed by atoms with Crippen molar-refractivity contribution in [3.8, 4) is 0 Å². The van der Waals surface area contributed by atoms with E-state index in [1.54, 1.807) is 6.21 Å². The molecule has 7 heavy (non-hydrogen) atoms. The van der Waals surface area contributed by atoms with Gasteiger partial charge in [-0.1, -0.05) is 11.2 Å². The number of rotatable bonds is 0. The molecule has 2 nitrogen and oxygen atoms in total. The average molecular weight is 96.1 g/mol. The van der Waals surface area contributed by atoms with Gasteiger partial charge in [-0.2, -0.15) is 0 Å². The van der Waals surface area contributed by atoms with Gasteiger partial charge in [0.05, 0.1) is 6.21 Å². The SMILES string of the molecule is [CH]1C=CC=NOC1. The lowest BCUT2D eigenvalue weighted by atomic mass is 10.4. The van der Waals surface area contributed by atoms with E-state index in [0.717, 1.165) is 0 Å². The summed E-state index contributed by atoms with van der Waals surface area (Å²) < 4.78 is 0. The Morgan fingerprint density at radius 2 is 2.43 bits per heavy atom. The van der Waals surface area contributed by atoms with Crippen LogP contribution in [0.3, 0.4) is 0 Å². The van der Waals surface area contributed by atoms with E-state index in [-0.39, 0.29) is 0 Å². The summed E-state index contributed by atoms with van der Waals surface area (Å²) in [7, 11) is 0. The van der Waals surface area contributed by atoms with Crippen molar-refractivity contribution in [2.75, 3.05) is 6.61 Å². The molecule has 1 aliphatic rings. The van der Waals surface area contributed by atoms with Crippen LogP contribution in [0.1, 0.15) is 0 Å². The second-order valence-corrected chi connectivity index (χ2v) is 1.17. The molecule has 0 spiro atoms. The minimum absolute atomic E-state index is 0.590. The Morgan fingerprint density at radius 3 is 3.43 bits per heavy atom. The topological polar surface area (TPSA) is 21.6 Å². The molecule has 0 saturated carbocycles. The van der Waals surface area contributed by atoms with Crippen LogP contribution in [-0.4, -0.2) is 12.8 Å². The van der Waals surface area contributed by atoms with Crippen LogP contribution < -0.4 is 0 Å². The summed E-state index contributed by atoms with van der Waals surface area (Å²) >= 11 is 0. The van der Waals surface area contributed by atoms with Crippen LogP contribution >= 0.6 is 0 Å². The maximum Gasteiger partial charge on any atom is 0.124 e. The molecule has 0 aromatic rings. The minimum atomic E-state index is 0.590. The minimum Gasteiger partial charge on any atom is -0.395 e. The zero-order valence-electron chi connectivity index (χ0n) is 3.87. The number of allylic oxidation sites excluding steroid dienone is 1. The standard InChI is InChI=1S/C5H6NO/c1-2-4-6-7-5-3-1/h1-4H,5H2. The largest absolute Gasteiger partial charge is 0.395 e. The summed E-state index contributed by atoms with van der Waals surface area (Å²) in [5, 5.41) is 3.53. The van der Waals surface area contributed by atoms with Crippen LogP contribution in [0.4, 0.5) is 0 Å². The van der Waals surface area contributed by atoms with Gasteiger partial charge < -0.3 is 4.84 Å². The van der Waals surface area contributed by atoms with Crippen LogP contribution in [0.25, 0.3) is 0 Å². The third-order valence-electron chi connectivity index (χ3n) is 0.639. The first-order valence-corrected chi connectivity index (χ1v) is 2.14. The van der Waals surface area contributed by atoms with Crippen molar-refractivity contribution in [1.82, 2.24) is 0 Å². The van der Waals surface area contributed by atoms with Gasteiger partial charge in [-0.05, 0) is 6.08 Å². The summed E-state index contributed by atoms with van der Waals surface area (Å²) in [6.07, 6.45) is 7.24. The zero-order valence-corrected chi connectivity index (χ0v) is 3.87. The monoisotopic (exact) mass is 96.0 g/mol. The van der Waals surface area contributed by atoms with Crippen molar-refractivity contribution in [2.24, 2.45) is 5.16 Å². The van der Waals surface area contributed by atoms with Crippen molar-refractivity contribution in [3.05, 3.63) is 18.6 Å². The molecule has 37 valence electrons. The van der Waals surface area contributed by atoms with Gasteiger partial charge in [-0.25, -0.2) is 0 Å². The van der Waals surface area contributed by atoms with E-state index in [1.807, 2.05) is 18.6 Å². The maximum atomic E-state index is 4.65. The molecule has 0 unspecified atom stereocenters. The van der Waals surface area contributed by atoms with E-state index in [9.17, 15) is 0 Å². The van der Waals surface area contributed by atoms with Gasteiger partial charge in [0.15, 0.2) is 0 Å². The molecular weight excluding hydrogens is 90.1 g/mol. The Morgan fingerprint density at radius 1 is 1.43 bits per heavy atom.